The number of anilines is 2. The van der Waals surface area contributed by atoms with E-state index in [9.17, 15) is 4.79 Å². The number of hydrogen-bond acceptors (Lipinski definition) is 8. The first kappa shape index (κ1) is 25.6. The second-order valence-corrected chi connectivity index (χ2v) is 11.9. The minimum absolute atomic E-state index is 0.0768. The Hall–Kier alpha value is -2.66. The van der Waals surface area contributed by atoms with E-state index in [0.717, 1.165) is 79.8 Å². The van der Waals surface area contributed by atoms with Crippen molar-refractivity contribution >= 4 is 40.8 Å². The topological polar surface area (TPSA) is 111 Å². The summed E-state index contributed by atoms with van der Waals surface area (Å²) < 4.78 is 7.76. The molecule has 0 aliphatic carbocycles. The van der Waals surface area contributed by atoms with Crippen LogP contribution in [-0.2, 0) is 17.7 Å². The zero-order chi connectivity index (χ0) is 26.3. The van der Waals surface area contributed by atoms with E-state index in [1.54, 1.807) is 12.3 Å². The lowest BCUT2D eigenvalue weighted by Gasteiger charge is -2.41. The molecule has 5 heterocycles. The zero-order valence-electron chi connectivity index (χ0n) is 21.4. The lowest BCUT2D eigenvalue weighted by atomic mass is 9.73. The fourth-order valence-corrected chi connectivity index (χ4v) is 6.76. The molecule has 0 unspecified atom stereocenters. The number of carbonyl (C=O) groups is 1. The number of carbonyl (C=O) groups excluding carboxylic acids is 1. The molecule has 11 heteroatoms. The first-order valence-electron chi connectivity index (χ1n) is 13.2. The number of nitrogens with zero attached hydrogens (tertiary/aromatic N) is 5. The van der Waals surface area contributed by atoms with Crippen molar-refractivity contribution < 1.29 is 9.53 Å². The van der Waals surface area contributed by atoms with Crippen LogP contribution in [-0.4, -0.2) is 57.5 Å². The normalized spacial score (nSPS) is 22.4. The molecule has 3 aliphatic rings. The summed E-state index contributed by atoms with van der Waals surface area (Å²) in [4.78, 5) is 25.2. The van der Waals surface area contributed by atoms with E-state index in [0.29, 0.717) is 16.4 Å². The van der Waals surface area contributed by atoms with Gasteiger partial charge in [0.2, 0.25) is 0 Å². The van der Waals surface area contributed by atoms with Crippen LogP contribution in [0.4, 0.5) is 11.5 Å². The molecule has 3 N–H and O–H groups in total. The molecule has 3 aliphatic heterocycles. The van der Waals surface area contributed by atoms with Crippen molar-refractivity contribution in [2.24, 2.45) is 11.1 Å². The number of hydrogen-bond donors (Lipinski definition) is 2. The van der Waals surface area contributed by atoms with Gasteiger partial charge in [-0.1, -0.05) is 29.4 Å². The Morgan fingerprint density at radius 2 is 2.05 bits per heavy atom. The number of nitrogens with two attached hydrogens (primary N) is 1. The standard InChI is InChI=1S/C27H32ClN7O2S/c1-17-25(29)27(16-37-17)8-11-34(12-9-27)22-14-31-23(15-30-22)38-21-7-4-6-19(24(21)28)32-26(36)20-13-18-5-2-3-10-35(18)33-20/h4,6-7,13-15,17,25H,2-3,5,8-12,16,29H2,1H3,(H,32,36)/t17-,25+/m0/s1. The van der Waals surface area contributed by atoms with Gasteiger partial charge in [0.1, 0.15) is 10.8 Å². The van der Waals surface area contributed by atoms with Crippen molar-refractivity contribution in [1.29, 1.82) is 0 Å². The number of benzene rings is 1. The number of piperidine rings is 1. The molecule has 38 heavy (non-hydrogen) atoms. The molecule has 1 aromatic carbocycles. The number of aromatic nitrogens is 4. The Morgan fingerprint density at radius 1 is 1.21 bits per heavy atom. The summed E-state index contributed by atoms with van der Waals surface area (Å²) in [5.41, 5.74) is 8.59. The second-order valence-electron chi connectivity index (χ2n) is 10.5. The van der Waals surface area contributed by atoms with Gasteiger partial charge in [0.05, 0.1) is 35.8 Å². The summed E-state index contributed by atoms with van der Waals surface area (Å²) in [6.07, 6.45) is 8.86. The Morgan fingerprint density at radius 3 is 2.76 bits per heavy atom. The maximum Gasteiger partial charge on any atom is 0.276 e. The summed E-state index contributed by atoms with van der Waals surface area (Å²) in [7, 11) is 0. The van der Waals surface area contributed by atoms with Crippen molar-refractivity contribution in [2.75, 3.05) is 29.9 Å². The summed E-state index contributed by atoms with van der Waals surface area (Å²) in [6, 6.07) is 7.53. The van der Waals surface area contributed by atoms with E-state index in [1.165, 1.54) is 11.8 Å². The highest BCUT2D eigenvalue weighted by molar-refractivity contribution is 7.99. The molecule has 2 atom stereocenters. The van der Waals surface area contributed by atoms with Crippen LogP contribution in [0.1, 0.15) is 48.8 Å². The molecule has 1 amide bonds. The third kappa shape index (κ3) is 4.90. The molecular formula is C27H32ClN7O2S. The molecule has 0 radical (unpaired) electrons. The average molecular weight is 554 g/mol. The maximum atomic E-state index is 12.9. The van der Waals surface area contributed by atoms with Crippen molar-refractivity contribution in [3.8, 4) is 0 Å². The van der Waals surface area contributed by atoms with Crippen molar-refractivity contribution in [3.05, 3.63) is 53.1 Å². The Kier molecular flexibility index (Phi) is 7.07. The number of rotatable bonds is 5. The molecule has 3 aromatic rings. The van der Waals surface area contributed by atoms with Crippen molar-refractivity contribution in [1.82, 2.24) is 19.7 Å². The van der Waals surface area contributed by atoms with Gasteiger partial charge >= 0.3 is 0 Å². The van der Waals surface area contributed by atoms with Crippen molar-refractivity contribution in [2.45, 2.75) is 67.6 Å². The molecular weight excluding hydrogens is 522 g/mol. The van der Waals surface area contributed by atoms with Gasteiger partial charge in [-0.05, 0) is 57.2 Å². The minimum Gasteiger partial charge on any atom is -0.376 e. The number of fused-ring (bicyclic) bond motifs is 1. The predicted molar refractivity (Wildman–Crippen MR) is 148 cm³/mol. The summed E-state index contributed by atoms with van der Waals surface area (Å²) in [5.74, 6) is 0.600. The Labute approximate surface area is 231 Å². The highest BCUT2D eigenvalue weighted by Gasteiger charge is 2.47. The van der Waals surface area contributed by atoms with Gasteiger partial charge in [0.15, 0.2) is 5.69 Å². The molecule has 1 spiro atoms. The Bertz CT molecular complexity index is 1300. The SMILES string of the molecule is C[C@@H]1OCC2(CCN(c3cnc(Sc4cccc(NC(=O)c5cc6n(n5)CCCC6)c4Cl)cn3)CC2)[C@@H]1N. The molecule has 200 valence electrons. The van der Waals surface area contributed by atoms with Crippen LogP contribution < -0.4 is 16.0 Å². The highest BCUT2D eigenvalue weighted by Crippen LogP contribution is 2.42. The monoisotopic (exact) mass is 553 g/mol. The molecule has 2 saturated heterocycles. The third-order valence-corrected chi connectivity index (χ3v) is 9.62. The maximum absolute atomic E-state index is 12.9. The molecule has 2 fully saturated rings. The molecule has 2 aromatic heterocycles. The molecule has 9 nitrogen and oxygen atoms in total. The minimum atomic E-state index is -0.261. The van der Waals surface area contributed by atoms with E-state index in [-0.39, 0.29) is 23.5 Å². The zero-order valence-corrected chi connectivity index (χ0v) is 23.0. The van der Waals surface area contributed by atoms with Crippen LogP contribution in [0.2, 0.25) is 5.02 Å². The number of nitrogens with one attached hydrogen (secondary N) is 1. The fraction of sp³-hybridized carbons (Fsp3) is 0.481. The van der Waals surface area contributed by atoms with Crippen molar-refractivity contribution in [3.63, 3.8) is 0 Å². The first-order valence-corrected chi connectivity index (χ1v) is 14.4. The second kappa shape index (κ2) is 10.5. The van der Waals surface area contributed by atoms with E-state index >= 15 is 0 Å². The number of aryl methyl sites for hydroxylation is 2. The van der Waals surface area contributed by atoms with E-state index in [2.05, 4.69) is 32.2 Å². The largest absolute Gasteiger partial charge is 0.376 e. The number of amides is 1. The van der Waals surface area contributed by atoms with E-state index in [4.69, 9.17) is 22.1 Å². The lowest BCUT2D eigenvalue weighted by Crippen LogP contribution is -2.50. The van der Waals surface area contributed by atoms with E-state index < -0.39 is 0 Å². The Balaban J connectivity index is 1.09. The molecule has 6 rings (SSSR count). The van der Waals surface area contributed by atoms with Gasteiger partial charge in [-0.2, -0.15) is 5.10 Å². The fourth-order valence-electron chi connectivity index (χ4n) is 5.69. The van der Waals surface area contributed by atoms with Gasteiger partial charge in [-0.3, -0.25) is 9.48 Å². The van der Waals surface area contributed by atoms with Gasteiger partial charge in [-0.15, -0.1) is 0 Å². The first-order chi connectivity index (χ1) is 18.4. The average Bonchev–Trinajstić information content (AvgIpc) is 3.49. The van der Waals surface area contributed by atoms with Gasteiger partial charge in [0, 0.05) is 41.7 Å². The number of ether oxygens (including phenoxy) is 1. The van der Waals surface area contributed by atoms with Crippen LogP contribution in [0.5, 0.6) is 0 Å². The third-order valence-electron chi connectivity index (χ3n) is 8.12. The lowest BCUT2D eigenvalue weighted by molar-refractivity contribution is 0.0974. The predicted octanol–water partition coefficient (Wildman–Crippen LogP) is 4.40. The smallest absolute Gasteiger partial charge is 0.276 e. The summed E-state index contributed by atoms with van der Waals surface area (Å²) in [6.45, 7) is 5.44. The van der Waals surface area contributed by atoms with Crippen LogP contribution in [0, 0.1) is 5.41 Å². The van der Waals surface area contributed by atoms with Gasteiger partial charge in [-0.25, -0.2) is 9.97 Å². The van der Waals surface area contributed by atoms with Crippen LogP contribution >= 0.6 is 23.4 Å². The van der Waals surface area contributed by atoms with Crippen LogP contribution in [0.3, 0.4) is 0 Å². The number of halogens is 1. The highest BCUT2D eigenvalue weighted by atomic mass is 35.5. The quantitative estimate of drug-likeness (QED) is 0.478. The summed E-state index contributed by atoms with van der Waals surface area (Å²) >= 11 is 8.10. The van der Waals surface area contributed by atoms with Crippen LogP contribution in [0.15, 0.2) is 46.6 Å². The van der Waals surface area contributed by atoms with E-state index in [1.807, 2.05) is 29.1 Å². The molecule has 0 saturated carbocycles. The molecule has 0 bridgehead atoms. The van der Waals surface area contributed by atoms with Gasteiger partial charge < -0.3 is 20.7 Å². The van der Waals surface area contributed by atoms with Crippen LogP contribution in [0.25, 0.3) is 0 Å². The summed E-state index contributed by atoms with van der Waals surface area (Å²) in [5, 5.41) is 8.58. The van der Waals surface area contributed by atoms with Gasteiger partial charge in [0.25, 0.3) is 5.91 Å².